The standard InChI is InChI=1S/C18H23NO3/c1-13(6-11-17(20)22-5)12-14(2)18(21)15-7-9-16(10-8-15)19(3)4/h6-12,14H,1-5H3/t14-/m1/s1. The fraction of sp³-hybridized carbons (Fsp3) is 0.333. The van der Waals surface area contributed by atoms with Crippen LogP contribution < -0.4 is 4.90 Å². The van der Waals surface area contributed by atoms with Crippen LogP contribution >= 0.6 is 0 Å². The molecule has 1 aromatic carbocycles. The molecule has 0 spiro atoms. The Morgan fingerprint density at radius 3 is 2.23 bits per heavy atom. The fourth-order valence-electron chi connectivity index (χ4n) is 1.98. The predicted molar refractivity (Wildman–Crippen MR) is 89.2 cm³/mol. The van der Waals surface area contributed by atoms with Gasteiger partial charge in [-0.2, -0.15) is 0 Å². The molecular formula is C18H23NO3. The average Bonchev–Trinajstić information content (AvgIpc) is 2.51. The maximum Gasteiger partial charge on any atom is 0.330 e. The highest BCUT2D eigenvalue weighted by molar-refractivity contribution is 5.99. The summed E-state index contributed by atoms with van der Waals surface area (Å²) < 4.78 is 4.53. The third-order valence-corrected chi connectivity index (χ3v) is 3.28. The van der Waals surface area contributed by atoms with E-state index in [9.17, 15) is 9.59 Å². The van der Waals surface area contributed by atoms with Gasteiger partial charge in [-0.3, -0.25) is 4.79 Å². The molecule has 1 rings (SSSR count). The Labute approximate surface area is 132 Å². The SMILES string of the molecule is COC(=O)C=CC(C)=C[C@@H](C)C(=O)c1ccc(N(C)C)cc1. The van der Waals surface area contributed by atoms with Gasteiger partial charge in [-0.15, -0.1) is 0 Å². The lowest BCUT2D eigenvalue weighted by molar-refractivity contribution is -0.134. The number of carbonyl (C=O) groups is 2. The Bertz CT molecular complexity index is 583. The topological polar surface area (TPSA) is 46.6 Å². The first kappa shape index (κ1) is 17.7. The van der Waals surface area contributed by atoms with E-state index in [1.54, 1.807) is 6.08 Å². The van der Waals surface area contributed by atoms with Crippen molar-refractivity contribution >= 4 is 17.4 Å². The van der Waals surface area contributed by atoms with E-state index >= 15 is 0 Å². The molecule has 4 heteroatoms. The number of benzene rings is 1. The van der Waals surface area contributed by atoms with Crippen molar-refractivity contribution in [1.82, 2.24) is 0 Å². The quantitative estimate of drug-likeness (QED) is 0.350. The number of nitrogens with zero attached hydrogens (tertiary/aromatic N) is 1. The molecule has 1 aromatic rings. The minimum absolute atomic E-state index is 0.0520. The zero-order chi connectivity index (χ0) is 16.7. The molecule has 0 aromatic heterocycles. The highest BCUT2D eigenvalue weighted by Crippen LogP contribution is 2.17. The summed E-state index contributed by atoms with van der Waals surface area (Å²) in [5.74, 6) is -0.616. The van der Waals surface area contributed by atoms with Gasteiger partial charge in [-0.05, 0) is 31.2 Å². The van der Waals surface area contributed by atoms with Gasteiger partial charge < -0.3 is 9.64 Å². The van der Waals surface area contributed by atoms with Gasteiger partial charge in [0, 0.05) is 37.3 Å². The van der Waals surface area contributed by atoms with Crippen LogP contribution in [0.3, 0.4) is 0 Å². The number of anilines is 1. The van der Waals surface area contributed by atoms with Gasteiger partial charge in [-0.1, -0.05) is 24.6 Å². The minimum atomic E-state index is -0.411. The Morgan fingerprint density at radius 1 is 1.14 bits per heavy atom. The molecule has 0 saturated heterocycles. The largest absolute Gasteiger partial charge is 0.466 e. The highest BCUT2D eigenvalue weighted by atomic mass is 16.5. The van der Waals surface area contributed by atoms with Gasteiger partial charge in [0.25, 0.3) is 0 Å². The summed E-state index contributed by atoms with van der Waals surface area (Å²) in [5.41, 5.74) is 2.58. The van der Waals surface area contributed by atoms with Gasteiger partial charge in [0.1, 0.15) is 0 Å². The maximum absolute atomic E-state index is 12.4. The molecule has 0 aliphatic rings. The van der Waals surface area contributed by atoms with Gasteiger partial charge >= 0.3 is 5.97 Å². The molecule has 0 aliphatic carbocycles. The monoisotopic (exact) mass is 301 g/mol. The van der Waals surface area contributed by atoms with E-state index < -0.39 is 5.97 Å². The van der Waals surface area contributed by atoms with Crippen molar-refractivity contribution < 1.29 is 14.3 Å². The van der Waals surface area contributed by atoms with Crippen LogP contribution in [0.15, 0.2) is 48.1 Å². The molecule has 0 bridgehead atoms. The lowest BCUT2D eigenvalue weighted by Crippen LogP contribution is -2.11. The van der Waals surface area contributed by atoms with Gasteiger partial charge in [0.2, 0.25) is 0 Å². The zero-order valence-electron chi connectivity index (χ0n) is 13.8. The van der Waals surface area contributed by atoms with Crippen LogP contribution in [0.2, 0.25) is 0 Å². The fourth-order valence-corrected chi connectivity index (χ4v) is 1.98. The smallest absolute Gasteiger partial charge is 0.330 e. The van der Waals surface area contributed by atoms with Crippen molar-refractivity contribution in [3.05, 3.63) is 53.6 Å². The molecule has 0 amide bonds. The van der Waals surface area contributed by atoms with Crippen molar-refractivity contribution in [1.29, 1.82) is 0 Å². The molecule has 118 valence electrons. The summed E-state index contributed by atoms with van der Waals surface area (Å²) >= 11 is 0. The molecule has 4 nitrogen and oxygen atoms in total. The molecule has 0 N–H and O–H groups in total. The second-order valence-electron chi connectivity index (χ2n) is 5.36. The summed E-state index contributed by atoms with van der Waals surface area (Å²) in [6.07, 6.45) is 4.82. The first-order valence-electron chi connectivity index (χ1n) is 7.11. The number of carbonyl (C=O) groups excluding carboxylic acids is 2. The maximum atomic E-state index is 12.4. The molecule has 0 fully saturated rings. The van der Waals surface area contributed by atoms with Crippen LogP contribution in [-0.2, 0) is 9.53 Å². The second kappa shape index (κ2) is 8.17. The van der Waals surface area contributed by atoms with Crippen LogP contribution in [0.25, 0.3) is 0 Å². The van der Waals surface area contributed by atoms with E-state index in [2.05, 4.69) is 4.74 Å². The van der Waals surface area contributed by atoms with Gasteiger partial charge in [0.15, 0.2) is 5.78 Å². The number of allylic oxidation sites excluding steroid dienone is 3. The van der Waals surface area contributed by atoms with Crippen LogP contribution in [0, 0.1) is 5.92 Å². The van der Waals surface area contributed by atoms with E-state index in [1.165, 1.54) is 13.2 Å². The average molecular weight is 301 g/mol. The number of hydrogen-bond donors (Lipinski definition) is 0. The first-order chi connectivity index (χ1) is 10.3. The Kier molecular flexibility index (Phi) is 6.57. The third-order valence-electron chi connectivity index (χ3n) is 3.28. The number of ketones is 1. The first-order valence-corrected chi connectivity index (χ1v) is 7.11. The van der Waals surface area contributed by atoms with E-state index in [-0.39, 0.29) is 11.7 Å². The number of ether oxygens (including phenoxy) is 1. The van der Waals surface area contributed by atoms with Gasteiger partial charge in [0.05, 0.1) is 7.11 Å². The van der Waals surface area contributed by atoms with Crippen molar-refractivity contribution in [2.75, 3.05) is 26.1 Å². The minimum Gasteiger partial charge on any atom is -0.466 e. The summed E-state index contributed by atoms with van der Waals surface area (Å²) in [7, 11) is 5.24. The second-order valence-corrected chi connectivity index (χ2v) is 5.36. The number of Topliss-reactive ketones (excluding diaryl/α,β-unsaturated/α-hetero) is 1. The van der Waals surface area contributed by atoms with E-state index in [0.29, 0.717) is 5.56 Å². The number of methoxy groups -OCH3 is 1. The Hall–Kier alpha value is -2.36. The van der Waals surface area contributed by atoms with Crippen molar-refractivity contribution in [2.24, 2.45) is 5.92 Å². The molecule has 0 aliphatic heterocycles. The van der Waals surface area contributed by atoms with Crippen molar-refractivity contribution in [3.63, 3.8) is 0 Å². The van der Waals surface area contributed by atoms with Crippen LogP contribution in [0.5, 0.6) is 0 Å². The molecule has 0 saturated carbocycles. The normalized spacial score (nSPS) is 13.0. The molecule has 0 heterocycles. The molecule has 0 unspecified atom stereocenters. The van der Waals surface area contributed by atoms with Crippen LogP contribution in [0.1, 0.15) is 24.2 Å². The Balaban J connectivity index is 2.79. The van der Waals surface area contributed by atoms with Crippen molar-refractivity contribution in [3.8, 4) is 0 Å². The van der Waals surface area contributed by atoms with Crippen LogP contribution in [-0.4, -0.2) is 33.0 Å². The molecule has 1 atom stereocenters. The van der Waals surface area contributed by atoms with Crippen molar-refractivity contribution in [2.45, 2.75) is 13.8 Å². The van der Waals surface area contributed by atoms with E-state index in [4.69, 9.17) is 0 Å². The summed E-state index contributed by atoms with van der Waals surface area (Å²) in [6, 6.07) is 7.52. The highest BCUT2D eigenvalue weighted by Gasteiger charge is 2.13. The lowest BCUT2D eigenvalue weighted by atomic mass is 9.97. The lowest BCUT2D eigenvalue weighted by Gasteiger charge is -2.13. The number of esters is 1. The van der Waals surface area contributed by atoms with E-state index in [0.717, 1.165) is 11.3 Å². The zero-order valence-corrected chi connectivity index (χ0v) is 13.8. The molecule has 0 radical (unpaired) electrons. The number of hydrogen-bond acceptors (Lipinski definition) is 4. The Morgan fingerprint density at radius 2 is 1.73 bits per heavy atom. The van der Waals surface area contributed by atoms with Crippen LogP contribution in [0.4, 0.5) is 5.69 Å². The predicted octanol–water partition coefficient (Wildman–Crippen LogP) is 3.25. The number of rotatable bonds is 6. The molecular weight excluding hydrogens is 278 g/mol. The summed E-state index contributed by atoms with van der Waals surface area (Å²) in [4.78, 5) is 25.4. The summed E-state index contributed by atoms with van der Waals surface area (Å²) in [6.45, 7) is 3.69. The summed E-state index contributed by atoms with van der Waals surface area (Å²) in [5, 5.41) is 0. The van der Waals surface area contributed by atoms with E-state index in [1.807, 2.05) is 63.2 Å². The third kappa shape index (κ3) is 5.20. The van der Waals surface area contributed by atoms with Gasteiger partial charge in [-0.25, -0.2) is 4.79 Å². The molecule has 22 heavy (non-hydrogen) atoms.